The van der Waals surface area contributed by atoms with Crippen LogP contribution in [0, 0.1) is 0 Å². The molecule has 0 spiro atoms. The summed E-state index contributed by atoms with van der Waals surface area (Å²) in [6.07, 6.45) is 2.21. The number of aryl methyl sites for hydroxylation is 1. The Hall–Kier alpha value is -2.64. The minimum atomic E-state index is -0.0586. The molecule has 2 aromatic carbocycles. The molecule has 2 aromatic heterocycles. The Morgan fingerprint density at radius 1 is 1.17 bits per heavy atom. The first-order chi connectivity index (χ1) is 14.2. The number of fused-ring (bicyclic) bond motifs is 1. The van der Waals surface area contributed by atoms with E-state index in [0.29, 0.717) is 0 Å². The first-order valence-electron chi connectivity index (χ1n) is 9.53. The largest absolute Gasteiger partial charge is 0.325 e. The zero-order chi connectivity index (χ0) is 20.2. The fraction of sp³-hybridized carbons (Fsp3) is 0.227. The molecule has 1 amide bonds. The van der Waals surface area contributed by atoms with Gasteiger partial charge in [0.1, 0.15) is 0 Å². The van der Waals surface area contributed by atoms with Crippen molar-refractivity contribution in [3.63, 3.8) is 0 Å². The highest BCUT2D eigenvalue weighted by Gasteiger charge is 2.14. The maximum Gasteiger partial charge on any atom is 0.234 e. The van der Waals surface area contributed by atoms with Crippen molar-refractivity contribution in [2.45, 2.75) is 24.9 Å². The van der Waals surface area contributed by atoms with Gasteiger partial charge in [-0.3, -0.25) is 4.79 Å². The first-order valence-corrected chi connectivity index (χ1v) is 11.4. The number of hydrogen-bond acceptors (Lipinski definition) is 5. The molecular weight excluding hydrogens is 400 g/mol. The SMILES string of the molecule is CCCc1cc(-c2nnc(SCC(=O)Nc3cccc4ccccc34)n2C)cs1. The highest BCUT2D eigenvalue weighted by Crippen LogP contribution is 2.28. The van der Waals surface area contributed by atoms with Crippen molar-refractivity contribution in [2.24, 2.45) is 7.05 Å². The lowest BCUT2D eigenvalue weighted by molar-refractivity contribution is -0.113. The Bertz CT molecular complexity index is 1140. The number of anilines is 1. The van der Waals surface area contributed by atoms with E-state index < -0.39 is 0 Å². The number of thioether (sulfide) groups is 1. The standard InChI is InChI=1S/C22H22N4OS2/c1-3-7-17-12-16(13-28-17)21-24-25-22(26(21)2)29-14-20(27)23-19-11-6-9-15-8-4-5-10-18(15)19/h4-6,8-13H,3,7,14H2,1-2H3,(H,23,27). The second kappa shape index (κ2) is 8.80. The third-order valence-electron chi connectivity index (χ3n) is 4.64. The average molecular weight is 423 g/mol. The normalized spacial score (nSPS) is 11.1. The van der Waals surface area contributed by atoms with Crippen molar-refractivity contribution in [3.8, 4) is 11.4 Å². The van der Waals surface area contributed by atoms with E-state index in [-0.39, 0.29) is 11.7 Å². The van der Waals surface area contributed by atoms with Gasteiger partial charge in [-0.1, -0.05) is 61.5 Å². The van der Waals surface area contributed by atoms with Crippen LogP contribution in [-0.2, 0) is 18.3 Å². The van der Waals surface area contributed by atoms with Crippen LogP contribution in [0.2, 0.25) is 0 Å². The van der Waals surface area contributed by atoms with Gasteiger partial charge in [0.2, 0.25) is 5.91 Å². The summed E-state index contributed by atoms with van der Waals surface area (Å²) in [5.41, 5.74) is 1.91. The molecule has 7 heteroatoms. The molecule has 0 aliphatic heterocycles. The minimum absolute atomic E-state index is 0.0586. The highest BCUT2D eigenvalue weighted by molar-refractivity contribution is 7.99. The smallest absolute Gasteiger partial charge is 0.234 e. The van der Waals surface area contributed by atoms with Gasteiger partial charge in [0.05, 0.1) is 5.75 Å². The van der Waals surface area contributed by atoms with E-state index in [9.17, 15) is 4.79 Å². The summed E-state index contributed by atoms with van der Waals surface area (Å²) in [6.45, 7) is 2.18. The molecule has 0 atom stereocenters. The van der Waals surface area contributed by atoms with Crippen LogP contribution in [0.4, 0.5) is 5.69 Å². The molecule has 0 unspecified atom stereocenters. The third-order valence-corrected chi connectivity index (χ3v) is 6.66. The molecule has 0 bridgehead atoms. The number of rotatable bonds is 7. The van der Waals surface area contributed by atoms with Gasteiger partial charge in [-0.05, 0) is 23.9 Å². The lowest BCUT2D eigenvalue weighted by atomic mass is 10.1. The van der Waals surface area contributed by atoms with Crippen LogP contribution in [0.5, 0.6) is 0 Å². The molecule has 0 saturated heterocycles. The predicted molar refractivity (Wildman–Crippen MR) is 122 cm³/mol. The molecule has 148 valence electrons. The van der Waals surface area contributed by atoms with E-state index in [1.54, 1.807) is 11.3 Å². The Kier molecular flexibility index (Phi) is 5.97. The van der Waals surface area contributed by atoms with Crippen LogP contribution < -0.4 is 5.32 Å². The molecule has 1 N–H and O–H groups in total. The summed E-state index contributed by atoms with van der Waals surface area (Å²) < 4.78 is 1.95. The van der Waals surface area contributed by atoms with Crippen LogP contribution in [0.1, 0.15) is 18.2 Å². The van der Waals surface area contributed by atoms with Crippen molar-refractivity contribution >= 4 is 45.5 Å². The van der Waals surface area contributed by atoms with E-state index >= 15 is 0 Å². The number of hydrogen-bond donors (Lipinski definition) is 1. The molecule has 29 heavy (non-hydrogen) atoms. The Morgan fingerprint density at radius 2 is 2.00 bits per heavy atom. The number of thiophene rings is 1. The van der Waals surface area contributed by atoms with Crippen molar-refractivity contribution in [3.05, 3.63) is 58.8 Å². The van der Waals surface area contributed by atoms with Crippen LogP contribution >= 0.6 is 23.1 Å². The number of aromatic nitrogens is 3. The van der Waals surface area contributed by atoms with E-state index in [2.05, 4.69) is 33.9 Å². The Morgan fingerprint density at radius 3 is 2.86 bits per heavy atom. The molecular formula is C22H22N4OS2. The van der Waals surface area contributed by atoms with Crippen molar-refractivity contribution < 1.29 is 4.79 Å². The van der Waals surface area contributed by atoms with Crippen molar-refractivity contribution in [1.82, 2.24) is 14.8 Å². The lowest BCUT2D eigenvalue weighted by Crippen LogP contribution is -2.14. The minimum Gasteiger partial charge on any atom is -0.325 e. The number of nitrogens with zero attached hydrogens (tertiary/aromatic N) is 3. The molecule has 2 heterocycles. The van der Waals surface area contributed by atoms with Crippen molar-refractivity contribution in [2.75, 3.05) is 11.1 Å². The fourth-order valence-electron chi connectivity index (χ4n) is 3.22. The van der Waals surface area contributed by atoms with Gasteiger partial charge in [0.15, 0.2) is 11.0 Å². The Balaban J connectivity index is 1.42. The molecule has 0 fully saturated rings. The van der Waals surface area contributed by atoms with Gasteiger partial charge in [0, 0.05) is 33.9 Å². The number of benzene rings is 2. The molecule has 4 aromatic rings. The molecule has 0 radical (unpaired) electrons. The monoisotopic (exact) mass is 422 g/mol. The van der Waals surface area contributed by atoms with Gasteiger partial charge < -0.3 is 9.88 Å². The van der Waals surface area contributed by atoms with E-state index in [1.807, 2.05) is 54.1 Å². The van der Waals surface area contributed by atoms with Gasteiger partial charge in [-0.15, -0.1) is 21.5 Å². The molecule has 0 saturated carbocycles. The predicted octanol–water partition coefficient (Wildman–Crippen LogP) is 5.38. The second-order valence-electron chi connectivity index (χ2n) is 6.78. The van der Waals surface area contributed by atoms with Crippen molar-refractivity contribution in [1.29, 1.82) is 0 Å². The van der Waals surface area contributed by atoms with Gasteiger partial charge in [-0.2, -0.15) is 0 Å². The number of carbonyl (C=O) groups excluding carboxylic acids is 1. The van der Waals surface area contributed by atoms with Crippen LogP contribution in [0.25, 0.3) is 22.2 Å². The summed E-state index contributed by atoms with van der Waals surface area (Å²) in [5.74, 6) is 1.05. The quantitative estimate of drug-likeness (QED) is 0.406. The fourth-order valence-corrected chi connectivity index (χ4v) is 4.90. The maximum absolute atomic E-state index is 12.5. The van der Waals surface area contributed by atoms with Gasteiger partial charge in [0.25, 0.3) is 0 Å². The molecule has 4 rings (SSSR count). The second-order valence-corrected chi connectivity index (χ2v) is 8.72. The lowest BCUT2D eigenvalue weighted by Gasteiger charge is -2.08. The molecule has 0 aliphatic carbocycles. The van der Waals surface area contributed by atoms with E-state index in [0.717, 1.165) is 45.8 Å². The zero-order valence-electron chi connectivity index (χ0n) is 16.4. The summed E-state index contributed by atoms with van der Waals surface area (Å²) in [4.78, 5) is 13.9. The third kappa shape index (κ3) is 4.36. The topological polar surface area (TPSA) is 59.8 Å². The zero-order valence-corrected chi connectivity index (χ0v) is 18.0. The summed E-state index contributed by atoms with van der Waals surface area (Å²) >= 11 is 3.15. The first kappa shape index (κ1) is 19.7. The summed E-state index contributed by atoms with van der Waals surface area (Å²) in [7, 11) is 1.94. The van der Waals surface area contributed by atoms with Gasteiger partial charge in [-0.25, -0.2) is 0 Å². The maximum atomic E-state index is 12.5. The van der Waals surface area contributed by atoms with Crippen LogP contribution in [0.3, 0.4) is 0 Å². The summed E-state index contributed by atoms with van der Waals surface area (Å²) in [6, 6.07) is 16.1. The van der Waals surface area contributed by atoms with Gasteiger partial charge >= 0.3 is 0 Å². The molecule has 0 aliphatic rings. The van der Waals surface area contributed by atoms with E-state index in [4.69, 9.17) is 0 Å². The van der Waals surface area contributed by atoms with E-state index in [1.165, 1.54) is 16.6 Å². The number of amides is 1. The molecule has 5 nitrogen and oxygen atoms in total. The Labute approximate surface area is 178 Å². The average Bonchev–Trinajstić information content (AvgIpc) is 3.33. The number of nitrogens with one attached hydrogen (secondary N) is 1. The highest BCUT2D eigenvalue weighted by atomic mass is 32.2. The van der Waals surface area contributed by atoms with Crippen LogP contribution in [-0.4, -0.2) is 26.4 Å². The van der Waals surface area contributed by atoms with Crippen LogP contribution in [0.15, 0.2) is 59.1 Å². The number of carbonyl (C=O) groups is 1. The summed E-state index contributed by atoms with van der Waals surface area (Å²) in [5, 5.41) is 16.6.